The zero-order valence-corrected chi connectivity index (χ0v) is 21.0. The normalized spacial score (nSPS) is 18.1. The van der Waals surface area contributed by atoms with Crippen LogP contribution in [0.4, 0.5) is 5.69 Å². The van der Waals surface area contributed by atoms with Crippen molar-refractivity contribution in [1.29, 1.82) is 0 Å². The zero-order valence-electron chi connectivity index (χ0n) is 20.3. The third-order valence-corrected chi connectivity index (χ3v) is 7.38. The first-order chi connectivity index (χ1) is 17.9. The first kappa shape index (κ1) is 23.3. The SMILES string of the molecule is CCCN1C(=O)[C@@]2(c3ccccc31)c1c(oc3ccc(Cl)cc3c1=O)C(=O)N2Cc1ccc(OC)cc1. The highest BCUT2D eigenvalue weighted by molar-refractivity contribution is 6.31. The first-order valence-electron chi connectivity index (χ1n) is 12.0. The van der Waals surface area contributed by atoms with E-state index in [1.54, 1.807) is 36.3 Å². The van der Waals surface area contributed by atoms with E-state index in [1.807, 2.05) is 43.3 Å². The van der Waals surface area contributed by atoms with Crippen molar-refractivity contribution in [2.75, 3.05) is 18.6 Å². The van der Waals surface area contributed by atoms with Gasteiger partial charge in [0.25, 0.3) is 11.8 Å². The predicted molar refractivity (Wildman–Crippen MR) is 140 cm³/mol. The minimum atomic E-state index is -1.66. The molecular weight excluding hydrogens is 492 g/mol. The maximum absolute atomic E-state index is 14.4. The Morgan fingerprint density at radius 2 is 1.76 bits per heavy atom. The molecule has 3 heterocycles. The quantitative estimate of drug-likeness (QED) is 0.370. The lowest BCUT2D eigenvalue weighted by Crippen LogP contribution is -2.53. The van der Waals surface area contributed by atoms with Gasteiger partial charge in [-0.3, -0.25) is 14.4 Å². The van der Waals surface area contributed by atoms with Crippen LogP contribution in [0, 0.1) is 0 Å². The van der Waals surface area contributed by atoms with Gasteiger partial charge in [0, 0.05) is 23.7 Å². The fourth-order valence-corrected chi connectivity index (χ4v) is 5.72. The number of benzene rings is 3. The van der Waals surface area contributed by atoms with Gasteiger partial charge >= 0.3 is 0 Å². The lowest BCUT2D eigenvalue weighted by Gasteiger charge is -2.34. The van der Waals surface area contributed by atoms with E-state index in [2.05, 4.69) is 0 Å². The summed E-state index contributed by atoms with van der Waals surface area (Å²) in [6, 6.07) is 19.3. The van der Waals surface area contributed by atoms with E-state index in [1.165, 1.54) is 11.0 Å². The average Bonchev–Trinajstić information content (AvgIpc) is 3.30. The molecule has 1 aromatic heterocycles. The summed E-state index contributed by atoms with van der Waals surface area (Å²) < 4.78 is 11.3. The van der Waals surface area contributed by atoms with E-state index in [-0.39, 0.29) is 34.7 Å². The van der Waals surface area contributed by atoms with Gasteiger partial charge in [0.2, 0.25) is 5.76 Å². The standard InChI is InChI=1S/C29H23ClN2O5/c1-3-14-31-22-7-5-4-6-21(22)29(28(31)35)24-25(33)20-15-18(30)10-13-23(20)37-26(24)27(34)32(29)16-17-8-11-19(36-2)12-9-17/h4-13,15H,3,14,16H2,1-2H3/t29-/m1/s1. The van der Waals surface area contributed by atoms with Crippen LogP contribution in [0.5, 0.6) is 5.75 Å². The molecule has 0 fully saturated rings. The molecule has 4 aromatic rings. The number of carbonyl (C=O) groups is 2. The van der Waals surface area contributed by atoms with Crippen LogP contribution in [0.15, 0.2) is 75.9 Å². The molecule has 0 aliphatic carbocycles. The highest BCUT2D eigenvalue weighted by Crippen LogP contribution is 2.53. The Labute approximate surface area is 217 Å². The summed E-state index contributed by atoms with van der Waals surface area (Å²) in [4.78, 5) is 45.7. The topological polar surface area (TPSA) is 80.1 Å². The van der Waals surface area contributed by atoms with Gasteiger partial charge in [-0.2, -0.15) is 0 Å². The molecule has 2 aliphatic heterocycles. The van der Waals surface area contributed by atoms with Gasteiger partial charge in [-0.25, -0.2) is 0 Å². The van der Waals surface area contributed by atoms with Crippen molar-refractivity contribution in [3.8, 4) is 5.75 Å². The van der Waals surface area contributed by atoms with E-state index in [4.69, 9.17) is 20.8 Å². The van der Waals surface area contributed by atoms with Gasteiger partial charge < -0.3 is 19.0 Å². The second kappa shape index (κ2) is 8.49. The van der Waals surface area contributed by atoms with Crippen molar-refractivity contribution in [2.24, 2.45) is 0 Å². The fourth-order valence-electron chi connectivity index (χ4n) is 5.54. The van der Waals surface area contributed by atoms with Gasteiger partial charge in [-0.05, 0) is 48.4 Å². The lowest BCUT2D eigenvalue weighted by molar-refractivity contribution is -0.126. The number of anilines is 1. The summed E-state index contributed by atoms with van der Waals surface area (Å²) >= 11 is 6.21. The Morgan fingerprint density at radius 3 is 2.49 bits per heavy atom. The number of ether oxygens (including phenoxy) is 1. The molecule has 6 rings (SSSR count). The number of hydrogen-bond donors (Lipinski definition) is 0. The number of fused-ring (bicyclic) bond motifs is 5. The monoisotopic (exact) mass is 514 g/mol. The molecular formula is C29H23ClN2O5. The third-order valence-electron chi connectivity index (χ3n) is 7.14. The molecule has 0 N–H and O–H groups in total. The Morgan fingerprint density at radius 1 is 1.00 bits per heavy atom. The van der Waals surface area contributed by atoms with Crippen molar-refractivity contribution < 1.29 is 18.7 Å². The van der Waals surface area contributed by atoms with Crippen molar-refractivity contribution in [3.63, 3.8) is 0 Å². The Kier molecular flexibility index (Phi) is 5.35. The highest BCUT2D eigenvalue weighted by atomic mass is 35.5. The molecule has 8 heteroatoms. The number of nitrogens with zero attached hydrogens (tertiary/aromatic N) is 2. The minimum Gasteiger partial charge on any atom is -0.497 e. The molecule has 1 atom stereocenters. The van der Waals surface area contributed by atoms with E-state index in [9.17, 15) is 14.4 Å². The van der Waals surface area contributed by atoms with Gasteiger partial charge in [-0.1, -0.05) is 48.9 Å². The largest absolute Gasteiger partial charge is 0.497 e. The molecule has 2 amide bonds. The van der Waals surface area contributed by atoms with Crippen LogP contribution in [0.2, 0.25) is 5.02 Å². The summed E-state index contributed by atoms with van der Waals surface area (Å²) in [6.07, 6.45) is 0.706. The molecule has 3 aromatic carbocycles. The first-order valence-corrected chi connectivity index (χ1v) is 12.4. The van der Waals surface area contributed by atoms with Gasteiger partial charge in [0.05, 0.1) is 23.7 Å². The number of carbonyl (C=O) groups excluding carboxylic acids is 2. The number of methoxy groups -OCH3 is 1. The minimum absolute atomic E-state index is 0.0387. The molecule has 2 aliphatic rings. The molecule has 7 nitrogen and oxygen atoms in total. The summed E-state index contributed by atoms with van der Waals surface area (Å²) in [6.45, 7) is 2.51. The Hall–Kier alpha value is -4.10. The molecule has 0 bridgehead atoms. The number of amides is 2. The smallest absolute Gasteiger partial charge is 0.291 e. The molecule has 1 spiro atoms. The number of hydrogen-bond acceptors (Lipinski definition) is 5. The second-order valence-corrected chi connectivity index (χ2v) is 9.64. The average molecular weight is 515 g/mol. The second-order valence-electron chi connectivity index (χ2n) is 9.20. The van der Waals surface area contributed by atoms with Gasteiger partial charge in [0.15, 0.2) is 11.0 Å². The Bertz CT molecular complexity index is 1640. The maximum Gasteiger partial charge on any atom is 0.291 e. The van der Waals surface area contributed by atoms with Crippen LogP contribution < -0.4 is 15.1 Å². The van der Waals surface area contributed by atoms with Gasteiger partial charge in [0.1, 0.15) is 11.3 Å². The Balaban J connectivity index is 1.67. The molecule has 0 radical (unpaired) electrons. The predicted octanol–water partition coefficient (Wildman–Crippen LogP) is 5.11. The fraction of sp³-hybridized carbons (Fsp3) is 0.207. The summed E-state index contributed by atoms with van der Waals surface area (Å²) in [5.41, 5.74) is 0.230. The summed E-state index contributed by atoms with van der Waals surface area (Å²) in [5.74, 6) is -0.299. The molecule has 0 saturated heterocycles. The number of para-hydroxylation sites is 1. The van der Waals surface area contributed by atoms with Crippen LogP contribution in [-0.4, -0.2) is 30.4 Å². The highest BCUT2D eigenvalue weighted by Gasteiger charge is 2.64. The van der Waals surface area contributed by atoms with E-state index in [0.29, 0.717) is 35.0 Å². The van der Waals surface area contributed by atoms with Crippen molar-refractivity contribution in [3.05, 3.63) is 104 Å². The van der Waals surface area contributed by atoms with E-state index in [0.717, 1.165) is 5.56 Å². The molecule has 37 heavy (non-hydrogen) atoms. The van der Waals surface area contributed by atoms with Crippen LogP contribution >= 0.6 is 11.6 Å². The maximum atomic E-state index is 14.4. The third kappa shape index (κ3) is 3.17. The summed E-state index contributed by atoms with van der Waals surface area (Å²) in [7, 11) is 1.58. The van der Waals surface area contributed by atoms with Crippen LogP contribution in [0.3, 0.4) is 0 Å². The lowest BCUT2D eigenvalue weighted by atomic mass is 9.83. The van der Waals surface area contributed by atoms with Crippen molar-refractivity contribution in [1.82, 2.24) is 4.90 Å². The van der Waals surface area contributed by atoms with Gasteiger partial charge in [-0.15, -0.1) is 0 Å². The van der Waals surface area contributed by atoms with E-state index >= 15 is 0 Å². The van der Waals surface area contributed by atoms with Crippen LogP contribution in [0.1, 0.15) is 40.6 Å². The van der Waals surface area contributed by atoms with Crippen LogP contribution in [-0.2, 0) is 16.9 Å². The van der Waals surface area contributed by atoms with Crippen molar-refractivity contribution >= 4 is 40.1 Å². The summed E-state index contributed by atoms with van der Waals surface area (Å²) in [5, 5.41) is 0.586. The van der Waals surface area contributed by atoms with Crippen LogP contribution in [0.25, 0.3) is 11.0 Å². The van der Waals surface area contributed by atoms with Crippen molar-refractivity contribution in [2.45, 2.75) is 25.4 Å². The number of rotatable bonds is 5. The molecule has 0 unspecified atom stereocenters. The molecule has 186 valence electrons. The molecule has 0 saturated carbocycles. The zero-order chi connectivity index (χ0) is 25.9. The number of halogens is 1. The van der Waals surface area contributed by atoms with E-state index < -0.39 is 16.9 Å².